The van der Waals surface area contributed by atoms with Gasteiger partial charge in [0.15, 0.2) is 0 Å². The van der Waals surface area contributed by atoms with Gasteiger partial charge in [-0.3, -0.25) is 15.0 Å². The number of nitro groups is 1. The normalized spacial score (nSPS) is 14.9. The number of aromatic nitrogens is 3. The fourth-order valence-electron chi connectivity index (χ4n) is 3.46. The summed E-state index contributed by atoms with van der Waals surface area (Å²) in [5.74, 6) is -0.376. The quantitative estimate of drug-likeness (QED) is 0.365. The Bertz CT molecular complexity index is 1020. The number of anilines is 1. The van der Waals surface area contributed by atoms with Gasteiger partial charge in [0.25, 0.3) is 0 Å². The smallest absolute Gasteiger partial charge is 0.339 e. The van der Waals surface area contributed by atoms with E-state index in [2.05, 4.69) is 19.6 Å². The summed E-state index contributed by atoms with van der Waals surface area (Å²) >= 11 is 0. The molecule has 0 saturated carbocycles. The van der Waals surface area contributed by atoms with Crippen molar-refractivity contribution < 1.29 is 14.5 Å². The molecule has 0 aromatic carbocycles. The number of ether oxygens (including phenoxy) is 1. The van der Waals surface area contributed by atoms with Crippen molar-refractivity contribution in [3.8, 4) is 0 Å². The SMILES string of the molecule is COC(=O)c1cnc(N2CCN(Cc3cn4ccccc4n3)CC2)c([N+](=O)[O-])c1. The Morgan fingerprint density at radius 3 is 2.76 bits per heavy atom. The topological polar surface area (TPSA) is 106 Å². The maximum absolute atomic E-state index is 11.6. The Labute approximate surface area is 166 Å². The van der Waals surface area contributed by atoms with Crippen molar-refractivity contribution in [1.29, 1.82) is 0 Å². The van der Waals surface area contributed by atoms with Crippen LogP contribution in [0.4, 0.5) is 11.5 Å². The Morgan fingerprint density at radius 2 is 2.07 bits per heavy atom. The maximum atomic E-state index is 11.6. The maximum Gasteiger partial charge on any atom is 0.339 e. The molecule has 0 N–H and O–H groups in total. The minimum Gasteiger partial charge on any atom is -0.465 e. The van der Waals surface area contributed by atoms with E-state index in [1.54, 1.807) is 0 Å². The summed E-state index contributed by atoms with van der Waals surface area (Å²) in [4.78, 5) is 35.5. The molecule has 1 aliphatic heterocycles. The van der Waals surface area contributed by atoms with Gasteiger partial charge in [0.1, 0.15) is 5.65 Å². The number of methoxy groups -OCH3 is 1. The fourth-order valence-corrected chi connectivity index (χ4v) is 3.46. The molecular formula is C19H20N6O4. The average Bonchev–Trinajstić information content (AvgIpc) is 3.15. The van der Waals surface area contributed by atoms with Gasteiger partial charge in [-0.25, -0.2) is 14.8 Å². The number of rotatable bonds is 5. The van der Waals surface area contributed by atoms with Gasteiger partial charge in [-0.15, -0.1) is 0 Å². The third-order valence-electron chi connectivity index (χ3n) is 4.94. The number of esters is 1. The molecular weight excluding hydrogens is 376 g/mol. The van der Waals surface area contributed by atoms with Crippen LogP contribution in [0, 0.1) is 10.1 Å². The van der Waals surface area contributed by atoms with E-state index >= 15 is 0 Å². The number of fused-ring (bicyclic) bond motifs is 1. The highest BCUT2D eigenvalue weighted by Crippen LogP contribution is 2.28. The molecule has 0 aliphatic carbocycles. The molecule has 1 saturated heterocycles. The Kier molecular flexibility index (Phi) is 5.09. The van der Waals surface area contributed by atoms with Gasteiger partial charge in [0.2, 0.25) is 5.82 Å². The van der Waals surface area contributed by atoms with E-state index in [0.29, 0.717) is 19.6 Å². The number of carbonyl (C=O) groups is 1. The second-order valence-corrected chi connectivity index (χ2v) is 6.78. The van der Waals surface area contributed by atoms with Crippen LogP contribution in [0.1, 0.15) is 16.1 Å². The minimum absolute atomic E-state index is 0.0634. The summed E-state index contributed by atoms with van der Waals surface area (Å²) in [6.45, 7) is 3.36. The number of nitrogens with zero attached hydrogens (tertiary/aromatic N) is 6. The second kappa shape index (κ2) is 7.84. The van der Waals surface area contributed by atoms with Gasteiger partial charge >= 0.3 is 11.7 Å². The molecule has 10 heteroatoms. The Balaban J connectivity index is 1.45. The molecule has 4 heterocycles. The largest absolute Gasteiger partial charge is 0.465 e. The molecule has 0 unspecified atom stereocenters. The van der Waals surface area contributed by atoms with Gasteiger partial charge in [-0.1, -0.05) is 6.07 Å². The monoisotopic (exact) mass is 396 g/mol. The zero-order chi connectivity index (χ0) is 20.4. The Hall–Kier alpha value is -3.53. The molecule has 4 rings (SSSR count). The van der Waals surface area contributed by atoms with Gasteiger partial charge < -0.3 is 14.0 Å². The number of hydrogen-bond acceptors (Lipinski definition) is 8. The third-order valence-corrected chi connectivity index (χ3v) is 4.94. The van der Waals surface area contributed by atoms with Gasteiger partial charge in [0, 0.05) is 57.4 Å². The number of pyridine rings is 2. The minimum atomic E-state index is -0.649. The lowest BCUT2D eigenvalue weighted by atomic mass is 10.2. The fraction of sp³-hybridized carbons (Fsp3) is 0.316. The summed E-state index contributed by atoms with van der Waals surface area (Å²) in [5.41, 5.74) is 1.76. The highest BCUT2D eigenvalue weighted by atomic mass is 16.6. The average molecular weight is 396 g/mol. The summed E-state index contributed by atoms with van der Waals surface area (Å²) in [5, 5.41) is 11.5. The van der Waals surface area contributed by atoms with Crippen LogP contribution in [0.15, 0.2) is 42.9 Å². The van der Waals surface area contributed by atoms with E-state index in [4.69, 9.17) is 0 Å². The number of carbonyl (C=O) groups excluding carboxylic acids is 1. The van der Waals surface area contributed by atoms with Crippen molar-refractivity contribution >= 4 is 23.1 Å². The molecule has 10 nitrogen and oxygen atoms in total. The first kappa shape index (κ1) is 18.8. The zero-order valence-electron chi connectivity index (χ0n) is 15.9. The molecule has 150 valence electrons. The van der Waals surface area contributed by atoms with E-state index in [0.717, 1.165) is 24.4 Å². The molecule has 0 bridgehead atoms. The van der Waals surface area contributed by atoms with Crippen LogP contribution in [-0.2, 0) is 11.3 Å². The van der Waals surface area contributed by atoms with Gasteiger partial charge in [-0.2, -0.15) is 0 Å². The molecule has 3 aromatic heterocycles. The van der Waals surface area contributed by atoms with Crippen molar-refractivity contribution in [2.24, 2.45) is 0 Å². The van der Waals surface area contributed by atoms with E-state index in [9.17, 15) is 14.9 Å². The molecule has 3 aromatic rings. The third kappa shape index (κ3) is 3.87. The van der Waals surface area contributed by atoms with Crippen molar-refractivity contribution in [3.05, 3.63) is 64.2 Å². The molecule has 1 aliphatic rings. The van der Waals surface area contributed by atoms with Crippen molar-refractivity contribution in [1.82, 2.24) is 19.3 Å². The van der Waals surface area contributed by atoms with Gasteiger partial charge in [-0.05, 0) is 12.1 Å². The number of imidazole rings is 1. The van der Waals surface area contributed by atoms with Crippen LogP contribution in [0.2, 0.25) is 0 Å². The van der Waals surface area contributed by atoms with Crippen LogP contribution >= 0.6 is 0 Å². The molecule has 29 heavy (non-hydrogen) atoms. The van der Waals surface area contributed by atoms with Crippen LogP contribution in [0.25, 0.3) is 5.65 Å². The first-order valence-corrected chi connectivity index (χ1v) is 9.18. The van der Waals surface area contributed by atoms with E-state index in [-0.39, 0.29) is 17.1 Å². The lowest BCUT2D eigenvalue weighted by Crippen LogP contribution is -2.46. The lowest BCUT2D eigenvalue weighted by molar-refractivity contribution is -0.384. The van der Waals surface area contributed by atoms with Crippen molar-refractivity contribution in [2.45, 2.75) is 6.54 Å². The number of piperazine rings is 1. The second-order valence-electron chi connectivity index (χ2n) is 6.78. The van der Waals surface area contributed by atoms with Crippen LogP contribution in [0.3, 0.4) is 0 Å². The number of hydrogen-bond donors (Lipinski definition) is 0. The van der Waals surface area contributed by atoms with E-state index in [1.807, 2.05) is 39.9 Å². The predicted molar refractivity (Wildman–Crippen MR) is 105 cm³/mol. The van der Waals surface area contributed by atoms with Crippen molar-refractivity contribution in [3.63, 3.8) is 0 Å². The van der Waals surface area contributed by atoms with Crippen LogP contribution < -0.4 is 4.90 Å². The standard InChI is InChI=1S/C19H20N6O4/c1-29-19(26)14-10-16(25(27)28)18(20-11-14)23-8-6-22(7-9-23)12-15-13-24-5-3-2-4-17(24)21-15/h2-5,10-11,13H,6-9,12H2,1H3. The summed E-state index contributed by atoms with van der Waals surface area (Å²) in [7, 11) is 1.23. The van der Waals surface area contributed by atoms with Gasteiger partial charge in [0.05, 0.1) is 23.3 Å². The molecule has 0 atom stereocenters. The van der Waals surface area contributed by atoms with E-state index < -0.39 is 10.9 Å². The summed E-state index contributed by atoms with van der Waals surface area (Å²) < 4.78 is 6.61. The molecule has 0 spiro atoms. The first-order chi connectivity index (χ1) is 14.0. The first-order valence-electron chi connectivity index (χ1n) is 9.18. The lowest BCUT2D eigenvalue weighted by Gasteiger charge is -2.34. The zero-order valence-corrected chi connectivity index (χ0v) is 15.9. The van der Waals surface area contributed by atoms with Crippen molar-refractivity contribution in [2.75, 3.05) is 38.2 Å². The summed E-state index contributed by atoms with van der Waals surface area (Å²) in [6, 6.07) is 7.10. The Morgan fingerprint density at radius 1 is 1.28 bits per heavy atom. The molecule has 0 amide bonds. The predicted octanol–water partition coefficient (Wildman–Crippen LogP) is 1.75. The highest BCUT2D eigenvalue weighted by Gasteiger charge is 2.27. The molecule has 0 radical (unpaired) electrons. The highest BCUT2D eigenvalue weighted by molar-refractivity contribution is 5.90. The summed E-state index contributed by atoms with van der Waals surface area (Å²) in [6.07, 6.45) is 5.30. The van der Waals surface area contributed by atoms with E-state index in [1.165, 1.54) is 19.4 Å². The van der Waals surface area contributed by atoms with Crippen LogP contribution in [-0.4, -0.2) is 63.5 Å². The van der Waals surface area contributed by atoms with Crippen LogP contribution in [0.5, 0.6) is 0 Å². The molecule has 1 fully saturated rings.